The van der Waals surface area contributed by atoms with E-state index in [1.807, 2.05) is 24.3 Å². The van der Waals surface area contributed by atoms with Crippen molar-refractivity contribution < 1.29 is 0 Å². The number of benzene rings is 1. The molecule has 0 radical (unpaired) electrons. The molecule has 1 aromatic rings. The molecular weight excluding hydrogens is 206 g/mol. The summed E-state index contributed by atoms with van der Waals surface area (Å²) in [5.41, 5.74) is 3.80. The summed E-state index contributed by atoms with van der Waals surface area (Å²) in [6, 6.07) is 7.93. The Morgan fingerprint density at radius 2 is 1.87 bits per heavy atom. The van der Waals surface area contributed by atoms with Crippen LogP contribution >= 0.6 is 11.6 Å². The molecule has 1 nitrogen and oxygen atoms in total. The maximum atomic E-state index is 5.86. The summed E-state index contributed by atoms with van der Waals surface area (Å²) in [5, 5.41) is 4.17. The third-order valence-corrected chi connectivity index (χ3v) is 2.78. The van der Waals surface area contributed by atoms with Crippen molar-refractivity contribution in [2.24, 2.45) is 0 Å². The van der Waals surface area contributed by atoms with Crippen molar-refractivity contribution in [2.45, 2.75) is 13.3 Å². The Labute approximate surface area is 95.5 Å². The largest absolute Gasteiger partial charge is 0.381 e. The number of hydrogen-bond donors (Lipinski definition) is 1. The molecule has 2 heteroatoms. The first kappa shape index (κ1) is 10.3. The molecule has 0 aliphatic carbocycles. The van der Waals surface area contributed by atoms with Gasteiger partial charge < -0.3 is 5.32 Å². The van der Waals surface area contributed by atoms with E-state index in [0.717, 1.165) is 18.0 Å². The quantitative estimate of drug-likeness (QED) is 0.712. The summed E-state index contributed by atoms with van der Waals surface area (Å²) >= 11 is 5.86. The molecule has 2 rings (SSSR count). The van der Waals surface area contributed by atoms with Crippen molar-refractivity contribution in [1.82, 2.24) is 5.32 Å². The van der Waals surface area contributed by atoms with Crippen molar-refractivity contribution in [2.75, 3.05) is 6.54 Å². The second-order valence-corrected chi connectivity index (χ2v) is 4.20. The summed E-state index contributed by atoms with van der Waals surface area (Å²) < 4.78 is 0. The third kappa shape index (κ3) is 2.63. The fourth-order valence-electron chi connectivity index (χ4n) is 1.60. The Balaban J connectivity index is 2.21. The lowest BCUT2D eigenvalue weighted by atomic mass is 10.1. The molecule has 0 aromatic heterocycles. The van der Waals surface area contributed by atoms with Gasteiger partial charge in [-0.25, -0.2) is 0 Å². The van der Waals surface area contributed by atoms with Gasteiger partial charge in [-0.2, -0.15) is 0 Å². The first-order valence-electron chi connectivity index (χ1n) is 5.11. The van der Waals surface area contributed by atoms with Gasteiger partial charge in [0.1, 0.15) is 0 Å². The molecule has 0 spiro atoms. The van der Waals surface area contributed by atoms with Gasteiger partial charge in [-0.1, -0.05) is 41.5 Å². The van der Waals surface area contributed by atoms with Gasteiger partial charge >= 0.3 is 0 Å². The number of nitrogens with one attached hydrogen (secondary N) is 1. The fraction of sp³-hybridized carbons (Fsp3) is 0.231. The number of halogens is 1. The van der Waals surface area contributed by atoms with Crippen LogP contribution in [0.5, 0.6) is 0 Å². The second-order valence-electron chi connectivity index (χ2n) is 3.76. The van der Waals surface area contributed by atoms with Crippen LogP contribution in [0, 0.1) is 0 Å². The Kier molecular flexibility index (Phi) is 3.12. The molecule has 15 heavy (non-hydrogen) atoms. The number of hydrogen-bond acceptors (Lipinski definition) is 1. The van der Waals surface area contributed by atoms with E-state index in [1.165, 1.54) is 16.8 Å². The van der Waals surface area contributed by atoms with Crippen molar-refractivity contribution in [1.29, 1.82) is 0 Å². The van der Waals surface area contributed by atoms with Gasteiger partial charge in [-0.15, -0.1) is 0 Å². The average molecular weight is 220 g/mol. The minimum atomic E-state index is 0.780. The zero-order valence-corrected chi connectivity index (χ0v) is 9.51. The highest BCUT2D eigenvalue weighted by Crippen LogP contribution is 2.18. The lowest BCUT2D eigenvalue weighted by Gasteiger charge is -2.07. The summed E-state index contributed by atoms with van der Waals surface area (Å²) in [6.07, 6.45) is 5.46. The second kappa shape index (κ2) is 4.54. The number of allylic oxidation sites excluding steroid dienone is 2. The topological polar surface area (TPSA) is 12.0 Å². The van der Waals surface area contributed by atoms with E-state index in [1.54, 1.807) is 0 Å². The van der Waals surface area contributed by atoms with Crippen LogP contribution in [-0.4, -0.2) is 6.54 Å². The highest BCUT2D eigenvalue weighted by molar-refractivity contribution is 6.30. The van der Waals surface area contributed by atoms with Crippen LogP contribution in [0.4, 0.5) is 0 Å². The van der Waals surface area contributed by atoms with Crippen LogP contribution in [0.25, 0.3) is 5.70 Å². The van der Waals surface area contributed by atoms with Crippen LogP contribution < -0.4 is 5.32 Å². The van der Waals surface area contributed by atoms with Gasteiger partial charge in [-0.3, -0.25) is 0 Å². The molecule has 1 aromatic carbocycles. The van der Waals surface area contributed by atoms with E-state index in [0.29, 0.717) is 0 Å². The van der Waals surface area contributed by atoms with Gasteiger partial charge in [0, 0.05) is 17.3 Å². The molecule has 0 fully saturated rings. The van der Waals surface area contributed by atoms with Crippen molar-refractivity contribution >= 4 is 17.3 Å². The Morgan fingerprint density at radius 3 is 2.60 bits per heavy atom. The smallest absolute Gasteiger partial charge is 0.0406 e. The van der Waals surface area contributed by atoms with E-state index in [-0.39, 0.29) is 0 Å². The molecule has 0 bridgehead atoms. The van der Waals surface area contributed by atoms with Crippen LogP contribution in [0.2, 0.25) is 5.02 Å². The van der Waals surface area contributed by atoms with Gasteiger partial charge in [0.05, 0.1) is 0 Å². The first-order valence-corrected chi connectivity index (χ1v) is 5.49. The summed E-state index contributed by atoms with van der Waals surface area (Å²) in [7, 11) is 0. The molecule has 0 amide bonds. The maximum absolute atomic E-state index is 5.86. The van der Waals surface area contributed by atoms with E-state index in [4.69, 9.17) is 11.6 Å². The number of rotatable bonds is 1. The van der Waals surface area contributed by atoms with Crippen LogP contribution in [0.3, 0.4) is 0 Å². The van der Waals surface area contributed by atoms with E-state index < -0.39 is 0 Å². The molecule has 0 saturated heterocycles. The fourth-order valence-corrected chi connectivity index (χ4v) is 1.73. The van der Waals surface area contributed by atoms with E-state index >= 15 is 0 Å². The summed E-state index contributed by atoms with van der Waals surface area (Å²) in [6.45, 7) is 3.06. The van der Waals surface area contributed by atoms with Crippen LogP contribution in [-0.2, 0) is 0 Å². The highest BCUT2D eigenvalue weighted by atomic mass is 35.5. The minimum absolute atomic E-state index is 0.780. The van der Waals surface area contributed by atoms with Crippen LogP contribution in [0.1, 0.15) is 18.9 Å². The Bertz CT molecular complexity index is 401. The Hall–Kier alpha value is -1.21. The zero-order chi connectivity index (χ0) is 10.7. The first-order chi connectivity index (χ1) is 7.25. The highest BCUT2D eigenvalue weighted by Gasteiger charge is 2.03. The van der Waals surface area contributed by atoms with Crippen molar-refractivity contribution in [3.05, 3.63) is 52.6 Å². The standard InChI is InChI=1S/C13H14ClN/c1-10-2-7-13(15-9-8-10)11-3-5-12(14)6-4-11/h3-8,15H,2,9H2,1H3. The predicted octanol–water partition coefficient (Wildman–Crippen LogP) is 3.62. The van der Waals surface area contributed by atoms with E-state index in [9.17, 15) is 0 Å². The monoisotopic (exact) mass is 219 g/mol. The normalized spacial score (nSPS) is 16.1. The molecule has 0 atom stereocenters. The van der Waals surface area contributed by atoms with E-state index in [2.05, 4.69) is 24.4 Å². The summed E-state index contributed by atoms with van der Waals surface area (Å²) in [5.74, 6) is 0. The average Bonchev–Trinajstić information content (AvgIpc) is 2.44. The lowest BCUT2D eigenvalue weighted by molar-refractivity contribution is 1.01. The molecule has 0 saturated carbocycles. The van der Waals surface area contributed by atoms with Crippen LogP contribution in [0.15, 0.2) is 42.0 Å². The van der Waals surface area contributed by atoms with Gasteiger partial charge in [-0.05, 0) is 31.0 Å². The van der Waals surface area contributed by atoms with Crippen molar-refractivity contribution in [3.8, 4) is 0 Å². The zero-order valence-electron chi connectivity index (χ0n) is 8.76. The Morgan fingerprint density at radius 1 is 1.13 bits per heavy atom. The molecule has 1 aliphatic rings. The summed E-state index contributed by atoms with van der Waals surface area (Å²) in [4.78, 5) is 0. The van der Waals surface area contributed by atoms with Gasteiger partial charge in [0.15, 0.2) is 0 Å². The molecular formula is C13H14ClN. The SMILES string of the molecule is CC1=CCNC(c2ccc(Cl)cc2)=CC1. The molecule has 0 unspecified atom stereocenters. The third-order valence-electron chi connectivity index (χ3n) is 2.53. The lowest BCUT2D eigenvalue weighted by Crippen LogP contribution is -2.10. The van der Waals surface area contributed by atoms with Gasteiger partial charge in [0.2, 0.25) is 0 Å². The molecule has 78 valence electrons. The van der Waals surface area contributed by atoms with Crippen molar-refractivity contribution in [3.63, 3.8) is 0 Å². The minimum Gasteiger partial charge on any atom is -0.381 e. The van der Waals surface area contributed by atoms with Gasteiger partial charge in [0.25, 0.3) is 0 Å². The maximum Gasteiger partial charge on any atom is 0.0406 e. The molecule has 1 heterocycles. The molecule has 1 N–H and O–H groups in total. The predicted molar refractivity (Wildman–Crippen MR) is 65.8 cm³/mol. The molecule has 1 aliphatic heterocycles.